The van der Waals surface area contributed by atoms with Crippen LogP contribution in [0, 0.1) is 5.92 Å². The normalized spacial score (nSPS) is 18.8. The first-order valence-corrected chi connectivity index (χ1v) is 13.5. The highest BCUT2D eigenvalue weighted by atomic mass is 28.4. The van der Waals surface area contributed by atoms with Crippen LogP contribution in [-0.2, 0) is 11.2 Å². The van der Waals surface area contributed by atoms with Gasteiger partial charge in [-0.25, -0.2) is 0 Å². The maximum Gasteiger partial charge on any atom is 0.320 e. The Balaban J connectivity index is 1.76. The van der Waals surface area contributed by atoms with E-state index in [1.54, 1.807) is 7.11 Å². The van der Waals surface area contributed by atoms with Crippen molar-refractivity contribution in [2.45, 2.75) is 44.9 Å². The molecule has 1 aliphatic rings. The molecule has 33 heavy (non-hydrogen) atoms. The number of hydrogen-bond donors (Lipinski definition) is 1. The van der Waals surface area contributed by atoms with Gasteiger partial charge in [0.15, 0.2) is 12.0 Å². The Kier molecular flexibility index (Phi) is 6.93. The minimum atomic E-state index is -2.73. The third kappa shape index (κ3) is 4.86. The number of ether oxygens (including phenoxy) is 2. The minimum absolute atomic E-state index is 0.128. The molecule has 2 atom stereocenters. The van der Waals surface area contributed by atoms with Crippen LogP contribution in [0.15, 0.2) is 78.9 Å². The topological polar surface area (TPSA) is 47.9 Å². The Labute approximate surface area is 198 Å². The van der Waals surface area contributed by atoms with Crippen molar-refractivity contribution in [2.75, 3.05) is 13.7 Å². The highest BCUT2D eigenvalue weighted by Gasteiger charge is 2.52. The maximum absolute atomic E-state index is 9.68. The molecule has 0 bridgehead atoms. The molecule has 1 aliphatic heterocycles. The summed E-state index contributed by atoms with van der Waals surface area (Å²) in [5, 5.41) is 12.0. The highest BCUT2D eigenvalue weighted by Crippen LogP contribution is 2.40. The van der Waals surface area contributed by atoms with Crippen LogP contribution < -0.4 is 19.5 Å². The zero-order chi connectivity index (χ0) is 23.5. The van der Waals surface area contributed by atoms with Crippen LogP contribution in [0.2, 0.25) is 5.04 Å². The van der Waals surface area contributed by atoms with Crippen molar-refractivity contribution in [2.24, 2.45) is 5.92 Å². The Morgan fingerprint density at radius 1 is 0.909 bits per heavy atom. The molecule has 0 radical (unpaired) electrons. The summed E-state index contributed by atoms with van der Waals surface area (Å²) >= 11 is 0. The predicted molar refractivity (Wildman–Crippen MR) is 135 cm³/mol. The fourth-order valence-corrected chi connectivity index (χ4v) is 9.31. The standard InChI is InChI=1S/C28H34O4Si/c1-28(2,3)33(23-11-7-5-8-12-23,24-13-9-6-10-14-24)32-25-16-15-21(18-26(25)30-4)17-22-19-27(29)31-20-22/h5-16,18,22,27,29H,17,19-20H2,1-4H3/t22-,27?/m0/s1. The number of hydrogen-bond acceptors (Lipinski definition) is 4. The summed E-state index contributed by atoms with van der Waals surface area (Å²) in [6, 6.07) is 27.5. The Morgan fingerprint density at radius 2 is 1.52 bits per heavy atom. The van der Waals surface area contributed by atoms with Gasteiger partial charge in [-0.1, -0.05) is 87.5 Å². The van der Waals surface area contributed by atoms with Gasteiger partial charge in [-0.3, -0.25) is 0 Å². The molecule has 0 aliphatic carbocycles. The number of aliphatic hydroxyl groups is 1. The van der Waals surface area contributed by atoms with Crippen molar-refractivity contribution in [1.29, 1.82) is 0 Å². The van der Waals surface area contributed by atoms with Gasteiger partial charge in [-0.05, 0) is 45.4 Å². The van der Waals surface area contributed by atoms with E-state index in [1.165, 1.54) is 10.4 Å². The average Bonchev–Trinajstić information content (AvgIpc) is 3.22. The first kappa shape index (κ1) is 23.6. The van der Waals surface area contributed by atoms with Crippen LogP contribution in [0.3, 0.4) is 0 Å². The number of rotatable bonds is 7. The maximum atomic E-state index is 9.68. The monoisotopic (exact) mass is 462 g/mol. The molecule has 4 rings (SSSR count). The van der Waals surface area contributed by atoms with E-state index >= 15 is 0 Å². The highest BCUT2D eigenvalue weighted by molar-refractivity contribution is 7.00. The van der Waals surface area contributed by atoms with Gasteiger partial charge in [0.1, 0.15) is 5.75 Å². The van der Waals surface area contributed by atoms with Crippen LogP contribution in [0.4, 0.5) is 0 Å². The van der Waals surface area contributed by atoms with Gasteiger partial charge in [0.25, 0.3) is 0 Å². The SMILES string of the molecule is COc1cc(C[C@@H]2COC(O)C2)ccc1O[Si](c1ccccc1)(c1ccccc1)C(C)(C)C. The molecule has 0 aromatic heterocycles. The Morgan fingerprint density at radius 3 is 2.00 bits per heavy atom. The van der Waals surface area contributed by atoms with Crippen LogP contribution in [0.5, 0.6) is 11.5 Å². The fraction of sp³-hybridized carbons (Fsp3) is 0.357. The second-order valence-electron chi connectivity index (χ2n) is 9.84. The summed E-state index contributed by atoms with van der Waals surface area (Å²) in [5.41, 5.74) is 1.16. The van der Waals surface area contributed by atoms with Crippen molar-refractivity contribution in [1.82, 2.24) is 0 Å². The van der Waals surface area contributed by atoms with Crippen molar-refractivity contribution < 1.29 is 19.0 Å². The summed E-state index contributed by atoms with van der Waals surface area (Å²) in [4.78, 5) is 0. The third-order valence-corrected chi connectivity index (χ3v) is 11.4. The average molecular weight is 463 g/mol. The van der Waals surface area contributed by atoms with E-state index in [-0.39, 0.29) is 5.04 Å². The molecule has 4 nitrogen and oxygen atoms in total. The van der Waals surface area contributed by atoms with E-state index in [1.807, 2.05) is 6.07 Å². The lowest BCUT2D eigenvalue weighted by atomic mass is 9.98. The first-order valence-electron chi connectivity index (χ1n) is 11.6. The lowest BCUT2D eigenvalue weighted by Gasteiger charge is -2.43. The molecule has 1 N–H and O–H groups in total. The molecule has 1 heterocycles. The van der Waals surface area contributed by atoms with Gasteiger partial charge in [-0.2, -0.15) is 0 Å². The van der Waals surface area contributed by atoms with E-state index in [0.717, 1.165) is 23.5 Å². The number of aliphatic hydroxyl groups excluding tert-OH is 1. The molecule has 1 unspecified atom stereocenters. The molecule has 1 saturated heterocycles. The molecule has 174 valence electrons. The lowest BCUT2D eigenvalue weighted by molar-refractivity contribution is -0.0591. The smallest absolute Gasteiger partial charge is 0.320 e. The Bertz CT molecular complexity index is 1010. The number of methoxy groups -OCH3 is 1. The summed E-state index contributed by atoms with van der Waals surface area (Å²) < 4.78 is 18.3. The zero-order valence-corrected chi connectivity index (χ0v) is 21.0. The van der Waals surface area contributed by atoms with Gasteiger partial charge in [-0.15, -0.1) is 0 Å². The molecular formula is C28H34O4Si. The zero-order valence-electron chi connectivity index (χ0n) is 20.0. The van der Waals surface area contributed by atoms with Gasteiger partial charge in [0.05, 0.1) is 13.7 Å². The van der Waals surface area contributed by atoms with Crippen LogP contribution >= 0.6 is 0 Å². The van der Waals surface area contributed by atoms with Crippen LogP contribution in [0.1, 0.15) is 32.8 Å². The molecule has 1 fully saturated rings. The van der Waals surface area contributed by atoms with Crippen LogP contribution in [0.25, 0.3) is 0 Å². The summed E-state index contributed by atoms with van der Waals surface area (Å²) in [7, 11) is -1.04. The number of benzene rings is 3. The predicted octanol–water partition coefficient (Wildman–Crippen LogP) is 4.53. The largest absolute Gasteiger partial charge is 0.531 e. The second-order valence-corrected chi connectivity index (χ2v) is 14.1. The molecule has 3 aromatic rings. The quantitative estimate of drug-likeness (QED) is 0.524. The van der Waals surface area contributed by atoms with E-state index in [2.05, 4.69) is 93.6 Å². The van der Waals surface area contributed by atoms with Gasteiger partial charge in [0.2, 0.25) is 0 Å². The van der Waals surface area contributed by atoms with Crippen molar-refractivity contribution in [3.63, 3.8) is 0 Å². The van der Waals surface area contributed by atoms with Gasteiger partial charge in [0, 0.05) is 6.42 Å². The van der Waals surface area contributed by atoms with Crippen molar-refractivity contribution in [3.8, 4) is 11.5 Å². The minimum Gasteiger partial charge on any atom is -0.531 e. The van der Waals surface area contributed by atoms with Crippen molar-refractivity contribution >= 4 is 18.7 Å². The molecule has 3 aromatic carbocycles. The van der Waals surface area contributed by atoms with E-state index < -0.39 is 14.6 Å². The van der Waals surface area contributed by atoms with Crippen molar-refractivity contribution in [3.05, 3.63) is 84.4 Å². The molecule has 0 saturated carbocycles. The molecular weight excluding hydrogens is 428 g/mol. The second kappa shape index (κ2) is 9.72. The summed E-state index contributed by atoms with van der Waals surface area (Å²) in [6.07, 6.45) is 0.866. The summed E-state index contributed by atoms with van der Waals surface area (Å²) in [5.74, 6) is 1.81. The fourth-order valence-electron chi connectivity index (χ4n) is 4.88. The van der Waals surface area contributed by atoms with E-state index in [4.69, 9.17) is 13.9 Å². The van der Waals surface area contributed by atoms with E-state index in [0.29, 0.717) is 18.9 Å². The third-order valence-electron chi connectivity index (χ3n) is 6.49. The van der Waals surface area contributed by atoms with Gasteiger partial charge >= 0.3 is 8.32 Å². The van der Waals surface area contributed by atoms with Gasteiger partial charge < -0.3 is 19.0 Å². The van der Waals surface area contributed by atoms with Crippen LogP contribution in [-0.4, -0.2) is 33.4 Å². The Hall–Kier alpha value is -2.60. The summed E-state index contributed by atoms with van der Waals surface area (Å²) in [6.45, 7) is 7.40. The molecule has 0 spiro atoms. The molecule has 5 heteroatoms. The van der Waals surface area contributed by atoms with E-state index in [9.17, 15) is 5.11 Å². The lowest BCUT2D eigenvalue weighted by Crippen LogP contribution is -2.68. The molecule has 0 amide bonds. The first-order chi connectivity index (χ1) is 15.8.